The molecule has 0 aromatic heterocycles. The van der Waals surface area contributed by atoms with Gasteiger partial charge in [0.15, 0.2) is 0 Å². The SMILES string of the molecule is C=CC[C@@H]1/C=C(\C)C[C@H](C)C[C@H](OC)[C@H]2O[C@@](C)(C(=O)C(=O)N3CCCC[C@H]3C(=O)O[C@H](/C(C)=C/C3CC[C@@H](O)[C@H](OC)C3)[C@H](C)[C@@H](C)CC1=O)[C@H](C)C[C@@H]2OC. The van der Waals surface area contributed by atoms with E-state index in [2.05, 4.69) is 32.6 Å². The monoisotopic (exact) mass is 800 g/mol. The number of nitrogens with zero attached hydrogens (tertiary/aromatic N) is 1. The van der Waals surface area contributed by atoms with Crippen molar-refractivity contribution in [1.29, 1.82) is 0 Å². The Bertz CT molecular complexity index is 1470. The molecular formula is C46H73NO10. The van der Waals surface area contributed by atoms with Gasteiger partial charge in [-0.15, -0.1) is 6.58 Å². The number of fused-ring (bicyclic) bond motifs is 3. The number of ether oxygens (including phenoxy) is 5. The molecule has 0 spiro atoms. The summed E-state index contributed by atoms with van der Waals surface area (Å²) < 4.78 is 30.8. The Hall–Kier alpha value is -2.70. The summed E-state index contributed by atoms with van der Waals surface area (Å²) in [6, 6.07) is -0.950. The first-order valence-electron chi connectivity index (χ1n) is 21.5. The van der Waals surface area contributed by atoms with Crippen LogP contribution in [0.3, 0.4) is 0 Å². The highest BCUT2D eigenvalue weighted by atomic mass is 16.6. The van der Waals surface area contributed by atoms with Gasteiger partial charge in [0.05, 0.1) is 24.4 Å². The summed E-state index contributed by atoms with van der Waals surface area (Å²) in [4.78, 5) is 58.8. The van der Waals surface area contributed by atoms with Crippen LogP contribution in [0.2, 0.25) is 0 Å². The largest absolute Gasteiger partial charge is 0.456 e. The van der Waals surface area contributed by atoms with Crippen LogP contribution in [0, 0.1) is 35.5 Å². The van der Waals surface area contributed by atoms with Crippen LogP contribution in [0.15, 0.2) is 36.0 Å². The first-order chi connectivity index (χ1) is 27.0. The molecule has 2 saturated heterocycles. The predicted molar refractivity (Wildman–Crippen MR) is 219 cm³/mol. The van der Waals surface area contributed by atoms with E-state index in [-0.39, 0.29) is 66.5 Å². The van der Waals surface area contributed by atoms with E-state index in [4.69, 9.17) is 23.7 Å². The number of carbonyl (C=O) groups is 4. The van der Waals surface area contributed by atoms with Crippen molar-refractivity contribution in [1.82, 2.24) is 4.90 Å². The molecule has 1 N–H and O–H groups in total. The molecule has 4 aliphatic rings. The summed E-state index contributed by atoms with van der Waals surface area (Å²) in [5.74, 6) is -2.76. The average Bonchev–Trinajstić information content (AvgIpc) is 3.18. The van der Waals surface area contributed by atoms with Crippen molar-refractivity contribution >= 4 is 23.4 Å². The van der Waals surface area contributed by atoms with Gasteiger partial charge >= 0.3 is 5.97 Å². The Morgan fingerprint density at radius 3 is 2.26 bits per heavy atom. The quantitative estimate of drug-likeness (QED) is 0.163. The smallest absolute Gasteiger partial charge is 0.329 e. The summed E-state index contributed by atoms with van der Waals surface area (Å²) in [6.45, 7) is 18.0. The lowest BCUT2D eigenvalue weighted by molar-refractivity contribution is -0.229. The second kappa shape index (κ2) is 21.0. The van der Waals surface area contributed by atoms with E-state index in [0.717, 1.165) is 24.0 Å². The Balaban J connectivity index is 1.78. The summed E-state index contributed by atoms with van der Waals surface area (Å²) in [6.07, 6.45) is 9.39. The van der Waals surface area contributed by atoms with Crippen molar-refractivity contribution in [2.45, 2.75) is 167 Å². The molecule has 4 rings (SSSR count). The number of rotatable bonds is 7. The number of Topliss-reactive ketones (excluding diaryl/α,β-unsaturated/α-hetero) is 2. The highest BCUT2D eigenvalue weighted by Gasteiger charge is 2.54. The third-order valence-corrected chi connectivity index (χ3v) is 13.7. The van der Waals surface area contributed by atoms with Gasteiger partial charge in [-0.3, -0.25) is 14.4 Å². The maximum absolute atomic E-state index is 14.5. The Labute approximate surface area is 342 Å². The first-order valence-corrected chi connectivity index (χ1v) is 21.5. The molecule has 1 amide bonds. The number of esters is 1. The van der Waals surface area contributed by atoms with E-state index in [1.165, 1.54) is 4.90 Å². The summed E-state index contributed by atoms with van der Waals surface area (Å²) in [7, 11) is 4.86. The number of cyclic esters (lactones) is 1. The molecular weight excluding hydrogens is 727 g/mol. The molecule has 322 valence electrons. The predicted octanol–water partition coefficient (Wildman–Crippen LogP) is 6.98. The molecule has 57 heavy (non-hydrogen) atoms. The second-order valence-electron chi connectivity index (χ2n) is 18.1. The molecule has 0 radical (unpaired) electrons. The molecule has 11 heteroatoms. The van der Waals surface area contributed by atoms with Gasteiger partial charge in [0.1, 0.15) is 29.6 Å². The van der Waals surface area contributed by atoms with Crippen LogP contribution >= 0.6 is 0 Å². The van der Waals surface area contributed by atoms with Crippen molar-refractivity contribution in [2.75, 3.05) is 27.9 Å². The van der Waals surface area contributed by atoms with Gasteiger partial charge in [-0.25, -0.2) is 4.79 Å². The summed E-state index contributed by atoms with van der Waals surface area (Å²) in [5.41, 5.74) is 0.463. The Morgan fingerprint density at radius 1 is 0.947 bits per heavy atom. The summed E-state index contributed by atoms with van der Waals surface area (Å²) >= 11 is 0. The number of allylic oxidation sites excluding steroid dienone is 4. The van der Waals surface area contributed by atoms with Gasteiger partial charge in [-0.1, -0.05) is 51.5 Å². The molecule has 1 aliphatic carbocycles. The fraction of sp³-hybridized carbons (Fsp3) is 0.783. The normalized spacial score (nSPS) is 41.0. The molecule has 1 saturated carbocycles. The lowest BCUT2D eigenvalue weighted by Gasteiger charge is -2.48. The highest BCUT2D eigenvalue weighted by molar-refractivity contribution is 6.39. The number of carbonyl (C=O) groups excluding carboxylic acids is 4. The number of methoxy groups -OCH3 is 3. The molecule has 2 bridgehead atoms. The number of hydrogen-bond acceptors (Lipinski definition) is 10. The maximum Gasteiger partial charge on any atom is 0.329 e. The van der Waals surface area contributed by atoms with E-state index >= 15 is 0 Å². The third kappa shape index (κ3) is 11.3. The summed E-state index contributed by atoms with van der Waals surface area (Å²) in [5, 5.41) is 10.5. The minimum atomic E-state index is -1.48. The topological polar surface area (TPSA) is 138 Å². The molecule has 3 aliphatic heterocycles. The number of aliphatic hydroxyl groups is 1. The van der Waals surface area contributed by atoms with Crippen molar-refractivity contribution in [3.05, 3.63) is 36.0 Å². The Morgan fingerprint density at radius 2 is 1.61 bits per heavy atom. The average molecular weight is 800 g/mol. The van der Waals surface area contributed by atoms with Crippen LogP contribution in [0.1, 0.15) is 119 Å². The number of amides is 1. The Kier molecular flexibility index (Phi) is 17.3. The van der Waals surface area contributed by atoms with Crippen molar-refractivity contribution < 1.29 is 48.0 Å². The lowest BCUT2D eigenvalue weighted by Crippen LogP contribution is -2.63. The third-order valence-electron chi connectivity index (χ3n) is 13.7. The van der Waals surface area contributed by atoms with Crippen LogP contribution in [0.5, 0.6) is 0 Å². The van der Waals surface area contributed by atoms with Gasteiger partial charge in [-0.2, -0.15) is 0 Å². The number of piperidine rings is 1. The van der Waals surface area contributed by atoms with Gasteiger partial charge < -0.3 is 33.7 Å². The van der Waals surface area contributed by atoms with Crippen molar-refractivity contribution in [3.8, 4) is 0 Å². The van der Waals surface area contributed by atoms with E-state index in [9.17, 15) is 24.3 Å². The fourth-order valence-electron chi connectivity index (χ4n) is 9.83. The fourth-order valence-corrected chi connectivity index (χ4v) is 9.83. The maximum atomic E-state index is 14.5. The van der Waals surface area contributed by atoms with E-state index in [1.807, 2.05) is 27.7 Å². The first kappa shape index (κ1) is 47.0. The standard InChI is InChI=1S/C46H73NO10/c1-12-15-34-21-27(2)20-28(3)22-39(54-10)42-40(55-11)25-31(6)46(8,57-42)43(50)44(51)47-19-14-13-16-35(47)45(52)56-41(32(7)29(4)24-37(34)49)30(5)23-33-17-18-36(48)38(26-33)53-9/h12,21,23,28-29,31-36,38-42,48H,1,13-20,22,24-26H2,2-11H3/b27-21+,30-23+/t28-,29-,31+,32+,33?,34+,35-,36+,38+,39-,40-,41+,42+,46+/m0/s1. The van der Waals surface area contributed by atoms with Crippen molar-refractivity contribution in [3.63, 3.8) is 0 Å². The number of ketones is 2. The molecule has 3 fully saturated rings. The minimum absolute atomic E-state index is 0.0988. The van der Waals surface area contributed by atoms with E-state index in [1.54, 1.807) is 34.3 Å². The zero-order valence-corrected chi connectivity index (χ0v) is 36.5. The molecule has 14 atom stereocenters. The van der Waals surface area contributed by atoms with Crippen LogP contribution < -0.4 is 0 Å². The van der Waals surface area contributed by atoms with Crippen LogP contribution in [-0.2, 0) is 42.9 Å². The second-order valence-corrected chi connectivity index (χ2v) is 18.1. The van der Waals surface area contributed by atoms with Gasteiger partial charge in [0, 0.05) is 46.1 Å². The van der Waals surface area contributed by atoms with E-state index in [0.29, 0.717) is 51.4 Å². The van der Waals surface area contributed by atoms with E-state index < -0.39 is 53.7 Å². The van der Waals surface area contributed by atoms with Gasteiger partial charge in [0.25, 0.3) is 11.7 Å². The zero-order valence-electron chi connectivity index (χ0n) is 36.5. The molecule has 0 aromatic rings. The molecule has 11 nitrogen and oxygen atoms in total. The number of aliphatic hydroxyl groups excluding tert-OH is 1. The van der Waals surface area contributed by atoms with Crippen LogP contribution in [0.25, 0.3) is 0 Å². The highest BCUT2D eigenvalue weighted by Crippen LogP contribution is 2.40. The molecule has 0 aromatic carbocycles. The number of hydrogen-bond donors (Lipinski definition) is 1. The van der Waals surface area contributed by atoms with Gasteiger partial charge in [-0.05, 0) is 114 Å². The minimum Gasteiger partial charge on any atom is -0.456 e. The van der Waals surface area contributed by atoms with Crippen LogP contribution in [0.4, 0.5) is 0 Å². The van der Waals surface area contributed by atoms with Gasteiger partial charge in [0.2, 0.25) is 0 Å². The van der Waals surface area contributed by atoms with Crippen molar-refractivity contribution in [2.24, 2.45) is 35.5 Å². The lowest BCUT2D eigenvalue weighted by atomic mass is 9.76. The van der Waals surface area contributed by atoms with Crippen LogP contribution in [-0.4, -0.2) is 110 Å². The molecule has 3 heterocycles. The zero-order chi connectivity index (χ0) is 42.2. The molecule has 1 unspecified atom stereocenters.